The molecule has 0 spiro atoms. The molecular formula is C24H27N5O4. The number of methoxy groups -OCH3 is 1. The minimum absolute atomic E-state index is 0.130. The second-order valence-electron chi connectivity index (χ2n) is 8.24. The molecule has 1 aliphatic rings. The fourth-order valence-electron chi connectivity index (χ4n) is 4.01. The number of benzene rings is 2. The number of hydrogen-bond donors (Lipinski definition) is 2. The summed E-state index contributed by atoms with van der Waals surface area (Å²) in [6, 6.07) is 13.7. The zero-order valence-electron chi connectivity index (χ0n) is 18.9. The third-order valence-electron chi connectivity index (χ3n) is 5.63. The van der Waals surface area contributed by atoms with Crippen molar-refractivity contribution in [3.8, 4) is 5.75 Å². The Labute approximate surface area is 191 Å². The molecule has 172 valence electrons. The van der Waals surface area contributed by atoms with E-state index in [1.165, 1.54) is 0 Å². The molecular weight excluding hydrogens is 422 g/mol. The number of urea groups is 1. The Morgan fingerprint density at radius 1 is 1.15 bits per heavy atom. The Bertz CT molecular complexity index is 1190. The highest BCUT2D eigenvalue weighted by atomic mass is 16.5. The van der Waals surface area contributed by atoms with Crippen molar-refractivity contribution in [1.82, 2.24) is 25.1 Å². The van der Waals surface area contributed by atoms with E-state index in [9.17, 15) is 14.4 Å². The highest BCUT2D eigenvalue weighted by Crippen LogP contribution is 2.21. The number of nitrogens with one attached hydrogen (secondary N) is 2. The first kappa shape index (κ1) is 22.3. The first-order chi connectivity index (χ1) is 15.9. The number of aromatic nitrogens is 2. The molecule has 2 heterocycles. The van der Waals surface area contributed by atoms with Gasteiger partial charge in [0, 0.05) is 6.04 Å². The lowest BCUT2D eigenvalue weighted by Gasteiger charge is -2.14. The zero-order valence-corrected chi connectivity index (χ0v) is 18.9. The van der Waals surface area contributed by atoms with Gasteiger partial charge in [-0.3, -0.25) is 14.5 Å². The van der Waals surface area contributed by atoms with Gasteiger partial charge in [-0.15, -0.1) is 0 Å². The van der Waals surface area contributed by atoms with Gasteiger partial charge < -0.3 is 19.9 Å². The van der Waals surface area contributed by atoms with Crippen LogP contribution in [-0.2, 0) is 22.7 Å². The first-order valence-corrected chi connectivity index (χ1v) is 10.8. The maximum atomic E-state index is 12.7. The SMILES string of the molecule is COc1ccc(CN2C(=O)N[C@H](CC(=O)NCc3nc4ccccc4n3C(C)C)C2=O)cc1. The van der Waals surface area contributed by atoms with E-state index in [0.717, 1.165) is 27.3 Å². The Kier molecular flexibility index (Phi) is 6.30. The van der Waals surface area contributed by atoms with Gasteiger partial charge in [0.15, 0.2) is 0 Å². The second-order valence-corrected chi connectivity index (χ2v) is 8.24. The summed E-state index contributed by atoms with van der Waals surface area (Å²) in [5, 5.41) is 5.44. The molecule has 0 bridgehead atoms. The van der Waals surface area contributed by atoms with Gasteiger partial charge in [0.25, 0.3) is 5.91 Å². The third kappa shape index (κ3) is 4.67. The van der Waals surface area contributed by atoms with Gasteiger partial charge in [0.1, 0.15) is 17.6 Å². The van der Waals surface area contributed by atoms with Gasteiger partial charge in [-0.1, -0.05) is 24.3 Å². The van der Waals surface area contributed by atoms with Gasteiger partial charge in [-0.05, 0) is 43.7 Å². The molecule has 3 aromatic rings. The van der Waals surface area contributed by atoms with E-state index < -0.39 is 18.0 Å². The number of ether oxygens (including phenoxy) is 1. The van der Waals surface area contributed by atoms with Crippen LogP contribution in [0.4, 0.5) is 4.79 Å². The summed E-state index contributed by atoms with van der Waals surface area (Å²) >= 11 is 0. The van der Waals surface area contributed by atoms with E-state index in [-0.39, 0.29) is 31.5 Å². The predicted octanol–water partition coefficient (Wildman–Crippen LogP) is 2.75. The first-order valence-electron chi connectivity index (χ1n) is 10.8. The number of imide groups is 1. The van der Waals surface area contributed by atoms with Gasteiger partial charge in [0.05, 0.1) is 37.7 Å². The number of carbonyl (C=O) groups excluding carboxylic acids is 3. The summed E-state index contributed by atoms with van der Waals surface area (Å²) in [4.78, 5) is 43.4. The Morgan fingerprint density at radius 2 is 1.88 bits per heavy atom. The molecule has 2 N–H and O–H groups in total. The Morgan fingerprint density at radius 3 is 2.58 bits per heavy atom. The molecule has 9 nitrogen and oxygen atoms in total. The van der Waals surface area contributed by atoms with Crippen molar-refractivity contribution < 1.29 is 19.1 Å². The Hall–Kier alpha value is -3.88. The normalized spacial score (nSPS) is 15.9. The number of hydrogen-bond acceptors (Lipinski definition) is 5. The van der Waals surface area contributed by atoms with Crippen LogP contribution in [0.2, 0.25) is 0 Å². The molecule has 4 rings (SSSR count). The van der Waals surface area contributed by atoms with Crippen LogP contribution in [-0.4, -0.2) is 45.4 Å². The maximum Gasteiger partial charge on any atom is 0.325 e. The molecule has 9 heteroatoms. The van der Waals surface area contributed by atoms with Crippen molar-refractivity contribution in [1.29, 1.82) is 0 Å². The summed E-state index contributed by atoms with van der Waals surface area (Å²) in [6.45, 7) is 4.48. The number of amides is 4. The van der Waals surface area contributed by atoms with Crippen LogP contribution in [0.5, 0.6) is 5.75 Å². The second kappa shape index (κ2) is 9.32. The van der Waals surface area contributed by atoms with E-state index >= 15 is 0 Å². The maximum absolute atomic E-state index is 12.7. The highest BCUT2D eigenvalue weighted by Gasteiger charge is 2.39. The fourth-order valence-corrected chi connectivity index (χ4v) is 4.01. The zero-order chi connectivity index (χ0) is 23.5. The molecule has 0 saturated carbocycles. The lowest BCUT2D eigenvalue weighted by Crippen LogP contribution is -2.36. The van der Waals surface area contributed by atoms with E-state index in [4.69, 9.17) is 4.74 Å². The average Bonchev–Trinajstić information content (AvgIpc) is 3.30. The number of rotatable bonds is 8. The molecule has 1 atom stereocenters. The van der Waals surface area contributed by atoms with E-state index in [1.807, 2.05) is 24.3 Å². The average molecular weight is 450 g/mol. The van der Waals surface area contributed by atoms with Gasteiger partial charge in [-0.2, -0.15) is 0 Å². The van der Waals surface area contributed by atoms with Gasteiger partial charge >= 0.3 is 6.03 Å². The number of nitrogens with zero attached hydrogens (tertiary/aromatic N) is 3. The third-order valence-corrected chi connectivity index (χ3v) is 5.63. The molecule has 0 radical (unpaired) electrons. The van der Waals surface area contributed by atoms with E-state index in [0.29, 0.717) is 5.75 Å². The molecule has 1 saturated heterocycles. The molecule has 0 unspecified atom stereocenters. The quantitative estimate of drug-likeness (QED) is 0.515. The van der Waals surface area contributed by atoms with E-state index in [1.54, 1.807) is 31.4 Å². The van der Waals surface area contributed by atoms with Crippen LogP contribution in [0.25, 0.3) is 11.0 Å². The summed E-state index contributed by atoms with van der Waals surface area (Å²) < 4.78 is 7.20. The van der Waals surface area contributed by atoms with Crippen molar-refractivity contribution >= 4 is 28.9 Å². The van der Waals surface area contributed by atoms with Crippen molar-refractivity contribution in [2.45, 2.75) is 45.4 Å². The highest BCUT2D eigenvalue weighted by molar-refractivity contribution is 6.05. The summed E-state index contributed by atoms with van der Waals surface area (Å²) in [5.74, 6) is 0.682. The molecule has 1 aliphatic heterocycles. The number of para-hydroxylation sites is 2. The molecule has 0 aliphatic carbocycles. The van der Waals surface area contributed by atoms with Crippen LogP contribution in [0.1, 0.15) is 37.7 Å². The topological polar surface area (TPSA) is 106 Å². The predicted molar refractivity (Wildman–Crippen MR) is 122 cm³/mol. The molecule has 1 fully saturated rings. The number of imidazole rings is 1. The monoisotopic (exact) mass is 449 g/mol. The minimum Gasteiger partial charge on any atom is -0.497 e. The molecule has 1 aromatic heterocycles. The smallest absolute Gasteiger partial charge is 0.325 e. The molecule has 33 heavy (non-hydrogen) atoms. The fraction of sp³-hybridized carbons (Fsp3) is 0.333. The van der Waals surface area contributed by atoms with Crippen molar-refractivity contribution in [3.63, 3.8) is 0 Å². The van der Waals surface area contributed by atoms with Crippen molar-refractivity contribution in [2.24, 2.45) is 0 Å². The number of carbonyl (C=O) groups is 3. The van der Waals surface area contributed by atoms with Crippen LogP contribution in [0.3, 0.4) is 0 Å². The lowest BCUT2D eigenvalue weighted by molar-refractivity contribution is -0.131. The lowest BCUT2D eigenvalue weighted by atomic mass is 10.1. The molecule has 2 aromatic carbocycles. The summed E-state index contributed by atoms with van der Waals surface area (Å²) in [5.41, 5.74) is 2.66. The van der Waals surface area contributed by atoms with Crippen molar-refractivity contribution in [3.05, 3.63) is 59.9 Å². The Balaban J connectivity index is 1.37. The summed E-state index contributed by atoms with van der Waals surface area (Å²) in [7, 11) is 1.57. The van der Waals surface area contributed by atoms with Crippen molar-refractivity contribution in [2.75, 3.05) is 7.11 Å². The van der Waals surface area contributed by atoms with Crippen LogP contribution < -0.4 is 15.4 Å². The van der Waals surface area contributed by atoms with Gasteiger partial charge in [-0.25, -0.2) is 9.78 Å². The van der Waals surface area contributed by atoms with E-state index in [2.05, 4.69) is 34.0 Å². The van der Waals surface area contributed by atoms with Crippen LogP contribution in [0.15, 0.2) is 48.5 Å². The standard InChI is InChI=1S/C24H27N5O4/c1-15(2)29-20-7-5-4-6-18(20)26-21(29)13-25-22(30)12-19-23(31)28(24(32)27-19)14-16-8-10-17(33-3)11-9-16/h4-11,15,19H,12-14H2,1-3H3,(H,25,30)(H,27,32)/t19-/m1/s1. The minimum atomic E-state index is -0.889. The van der Waals surface area contributed by atoms with Crippen LogP contribution in [0, 0.1) is 0 Å². The molecule has 4 amide bonds. The number of fused-ring (bicyclic) bond motifs is 1. The van der Waals surface area contributed by atoms with Crippen LogP contribution >= 0.6 is 0 Å². The van der Waals surface area contributed by atoms with Gasteiger partial charge in [0.2, 0.25) is 5.91 Å². The summed E-state index contributed by atoms with van der Waals surface area (Å²) in [6.07, 6.45) is -0.133. The largest absolute Gasteiger partial charge is 0.497 e.